The summed E-state index contributed by atoms with van der Waals surface area (Å²) in [4.78, 5) is 12.2. The van der Waals surface area contributed by atoms with Gasteiger partial charge in [0.15, 0.2) is 0 Å². The van der Waals surface area contributed by atoms with Gasteiger partial charge in [-0.05, 0) is 30.7 Å². The Bertz CT molecular complexity index is 626. The molecule has 2 rings (SSSR count). The lowest BCUT2D eigenvalue weighted by Crippen LogP contribution is -2.23. The van der Waals surface area contributed by atoms with Gasteiger partial charge in [-0.25, -0.2) is 0 Å². The van der Waals surface area contributed by atoms with E-state index in [9.17, 15) is 4.79 Å². The Labute approximate surface area is 123 Å². The van der Waals surface area contributed by atoms with Crippen LogP contribution in [0.2, 0.25) is 5.02 Å². The molecule has 3 nitrogen and oxygen atoms in total. The molecule has 0 atom stereocenters. The van der Waals surface area contributed by atoms with Crippen LogP contribution in [0.3, 0.4) is 0 Å². The highest BCUT2D eigenvalue weighted by atomic mass is 35.5. The van der Waals surface area contributed by atoms with Crippen LogP contribution in [-0.4, -0.2) is 13.0 Å². The van der Waals surface area contributed by atoms with E-state index in [1.54, 1.807) is 18.2 Å². The first kappa shape index (κ1) is 14.4. The summed E-state index contributed by atoms with van der Waals surface area (Å²) in [6, 6.07) is 13.0. The summed E-state index contributed by atoms with van der Waals surface area (Å²) >= 11 is 5.92. The van der Waals surface area contributed by atoms with Crippen molar-refractivity contribution < 1.29 is 9.53 Å². The first-order chi connectivity index (χ1) is 9.60. The second-order valence-electron chi connectivity index (χ2n) is 4.52. The minimum Gasteiger partial charge on any atom is -0.496 e. The summed E-state index contributed by atoms with van der Waals surface area (Å²) < 4.78 is 5.17. The van der Waals surface area contributed by atoms with E-state index >= 15 is 0 Å². The molecule has 104 valence electrons. The van der Waals surface area contributed by atoms with Crippen molar-refractivity contribution in [1.82, 2.24) is 5.32 Å². The molecule has 0 fully saturated rings. The molecule has 0 bridgehead atoms. The van der Waals surface area contributed by atoms with Crippen molar-refractivity contribution in [2.45, 2.75) is 13.5 Å². The number of benzene rings is 2. The first-order valence-electron chi connectivity index (χ1n) is 6.27. The van der Waals surface area contributed by atoms with Gasteiger partial charge in [-0.1, -0.05) is 41.4 Å². The lowest BCUT2D eigenvalue weighted by atomic mass is 10.1. The molecule has 0 spiro atoms. The van der Waals surface area contributed by atoms with Crippen molar-refractivity contribution in [2.75, 3.05) is 7.11 Å². The first-order valence-corrected chi connectivity index (χ1v) is 6.65. The Morgan fingerprint density at radius 2 is 2.05 bits per heavy atom. The average Bonchev–Trinajstić information content (AvgIpc) is 2.45. The Morgan fingerprint density at radius 1 is 1.25 bits per heavy atom. The third-order valence-corrected chi connectivity index (χ3v) is 3.18. The van der Waals surface area contributed by atoms with Gasteiger partial charge in [0.05, 0.1) is 12.7 Å². The van der Waals surface area contributed by atoms with Gasteiger partial charge in [-0.15, -0.1) is 0 Å². The zero-order valence-electron chi connectivity index (χ0n) is 11.4. The number of halogens is 1. The zero-order valence-corrected chi connectivity index (χ0v) is 12.2. The maximum absolute atomic E-state index is 12.2. The summed E-state index contributed by atoms with van der Waals surface area (Å²) in [6.07, 6.45) is 0. The average molecular weight is 290 g/mol. The number of methoxy groups -OCH3 is 1. The van der Waals surface area contributed by atoms with Crippen molar-refractivity contribution in [3.63, 3.8) is 0 Å². The molecule has 4 heteroatoms. The largest absolute Gasteiger partial charge is 0.496 e. The molecule has 0 radical (unpaired) electrons. The molecule has 1 N–H and O–H groups in total. The van der Waals surface area contributed by atoms with Crippen molar-refractivity contribution in [1.29, 1.82) is 0 Å². The quantitative estimate of drug-likeness (QED) is 0.934. The molecule has 0 saturated carbocycles. The van der Waals surface area contributed by atoms with Gasteiger partial charge in [0.2, 0.25) is 0 Å². The molecule has 0 aliphatic carbocycles. The highest BCUT2D eigenvalue weighted by molar-refractivity contribution is 6.31. The number of carbonyl (C=O) groups excluding carboxylic acids is 1. The fraction of sp³-hybridized carbons (Fsp3) is 0.188. The molecule has 0 aromatic heterocycles. The summed E-state index contributed by atoms with van der Waals surface area (Å²) in [7, 11) is 1.53. The minimum atomic E-state index is -0.203. The minimum absolute atomic E-state index is 0.203. The third-order valence-electron chi connectivity index (χ3n) is 2.94. The van der Waals surface area contributed by atoms with Crippen molar-refractivity contribution in [2.24, 2.45) is 0 Å². The molecule has 1 amide bonds. The van der Waals surface area contributed by atoms with Crippen LogP contribution in [0.1, 0.15) is 21.5 Å². The lowest BCUT2D eigenvalue weighted by molar-refractivity contribution is 0.0948. The van der Waals surface area contributed by atoms with E-state index in [0.717, 1.165) is 11.1 Å². The van der Waals surface area contributed by atoms with Crippen LogP contribution in [0.15, 0.2) is 42.5 Å². The SMILES string of the molecule is COc1ccc(Cl)cc1C(=O)NCc1cccc(C)c1. The number of carbonyl (C=O) groups is 1. The highest BCUT2D eigenvalue weighted by Gasteiger charge is 2.12. The number of ether oxygens (including phenoxy) is 1. The normalized spacial score (nSPS) is 10.2. The summed E-state index contributed by atoms with van der Waals surface area (Å²) in [5.41, 5.74) is 2.66. The van der Waals surface area contributed by atoms with Gasteiger partial charge in [-0.2, -0.15) is 0 Å². The topological polar surface area (TPSA) is 38.3 Å². The number of amides is 1. The summed E-state index contributed by atoms with van der Waals surface area (Å²) in [6.45, 7) is 2.49. The molecule has 20 heavy (non-hydrogen) atoms. The molecule has 2 aromatic rings. The highest BCUT2D eigenvalue weighted by Crippen LogP contribution is 2.22. The smallest absolute Gasteiger partial charge is 0.255 e. The van der Waals surface area contributed by atoms with Crippen LogP contribution in [0.5, 0.6) is 5.75 Å². The van der Waals surface area contributed by atoms with Crippen molar-refractivity contribution >= 4 is 17.5 Å². The van der Waals surface area contributed by atoms with E-state index in [0.29, 0.717) is 22.9 Å². The monoisotopic (exact) mass is 289 g/mol. The van der Waals surface area contributed by atoms with E-state index in [1.165, 1.54) is 7.11 Å². The predicted octanol–water partition coefficient (Wildman–Crippen LogP) is 3.59. The van der Waals surface area contributed by atoms with E-state index in [2.05, 4.69) is 5.32 Å². The van der Waals surface area contributed by atoms with Crippen LogP contribution in [0.4, 0.5) is 0 Å². The molecule has 0 aliphatic rings. The van der Waals surface area contributed by atoms with E-state index in [1.807, 2.05) is 31.2 Å². The summed E-state index contributed by atoms with van der Waals surface area (Å²) in [5, 5.41) is 3.37. The number of hydrogen-bond donors (Lipinski definition) is 1. The maximum Gasteiger partial charge on any atom is 0.255 e. The molecule has 0 unspecified atom stereocenters. The Hall–Kier alpha value is -2.00. The van der Waals surface area contributed by atoms with Crippen LogP contribution in [0, 0.1) is 6.92 Å². The number of hydrogen-bond acceptors (Lipinski definition) is 2. The van der Waals surface area contributed by atoms with Gasteiger partial charge in [0, 0.05) is 11.6 Å². The molecule has 2 aromatic carbocycles. The fourth-order valence-electron chi connectivity index (χ4n) is 1.96. The predicted molar refractivity (Wildman–Crippen MR) is 80.4 cm³/mol. The molecular weight excluding hydrogens is 274 g/mol. The standard InChI is InChI=1S/C16H16ClNO2/c1-11-4-3-5-12(8-11)10-18-16(19)14-9-13(17)6-7-15(14)20-2/h3-9H,10H2,1-2H3,(H,18,19). The van der Waals surface area contributed by atoms with Crippen molar-refractivity contribution in [3.05, 3.63) is 64.2 Å². The van der Waals surface area contributed by atoms with Crippen LogP contribution < -0.4 is 10.1 Å². The van der Waals surface area contributed by atoms with Gasteiger partial charge in [-0.3, -0.25) is 4.79 Å². The van der Waals surface area contributed by atoms with Gasteiger partial charge in [0.1, 0.15) is 5.75 Å². The molecule has 0 aliphatic heterocycles. The van der Waals surface area contributed by atoms with Gasteiger partial charge >= 0.3 is 0 Å². The second kappa shape index (κ2) is 6.44. The summed E-state index contributed by atoms with van der Waals surface area (Å²) in [5.74, 6) is 0.307. The Balaban J connectivity index is 2.10. The van der Waals surface area contributed by atoms with E-state index in [4.69, 9.17) is 16.3 Å². The lowest BCUT2D eigenvalue weighted by Gasteiger charge is -2.10. The molecular formula is C16H16ClNO2. The third kappa shape index (κ3) is 3.52. The van der Waals surface area contributed by atoms with Crippen LogP contribution >= 0.6 is 11.6 Å². The molecule has 0 saturated heterocycles. The van der Waals surface area contributed by atoms with E-state index < -0.39 is 0 Å². The van der Waals surface area contributed by atoms with Gasteiger partial charge in [0.25, 0.3) is 5.91 Å². The Morgan fingerprint density at radius 3 is 2.75 bits per heavy atom. The van der Waals surface area contributed by atoms with Gasteiger partial charge < -0.3 is 10.1 Å². The number of nitrogens with one attached hydrogen (secondary N) is 1. The number of rotatable bonds is 4. The maximum atomic E-state index is 12.2. The fourth-order valence-corrected chi connectivity index (χ4v) is 2.13. The zero-order chi connectivity index (χ0) is 14.5. The van der Waals surface area contributed by atoms with E-state index in [-0.39, 0.29) is 5.91 Å². The second-order valence-corrected chi connectivity index (χ2v) is 4.95. The Kier molecular flexibility index (Phi) is 4.64. The van der Waals surface area contributed by atoms with Crippen LogP contribution in [0.25, 0.3) is 0 Å². The number of aryl methyl sites for hydroxylation is 1. The van der Waals surface area contributed by atoms with Crippen molar-refractivity contribution in [3.8, 4) is 5.75 Å². The van der Waals surface area contributed by atoms with Crippen LogP contribution in [-0.2, 0) is 6.54 Å². The molecule has 0 heterocycles.